The Balaban J connectivity index is 1.89. The maximum Gasteiger partial charge on any atom is 0.410 e. The lowest BCUT2D eigenvalue weighted by atomic mass is 9.97. The molecular formula is C24H24ClNO4S. The third-order valence-corrected chi connectivity index (χ3v) is 6.01. The molecule has 3 aromatic rings. The monoisotopic (exact) mass is 457 g/mol. The summed E-state index contributed by atoms with van der Waals surface area (Å²) >= 11 is 0. The molecule has 3 aromatic carbocycles. The van der Waals surface area contributed by atoms with Gasteiger partial charge in [0.25, 0.3) is 0 Å². The Labute approximate surface area is 187 Å². The Morgan fingerprint density at radius 3 is 1.81 bits per heavy atom. The van der Waals surface area contributed by atoms with E-state index < -0.39 is 21.2 Å². The molecule has 0 heterocycles. The summed E-state index contributed by atoms with van der Waals surface area (Å²) < 4.78 is 28.5. The van der Waals surface area contributed by atoms with Gasteiger partial charge < -0.3 is 4.74 Å². The molecule has 0 atom stereocenters. The number of ether oxygens (including phenoxy) is 1. The van der Waals surface area contributed by atoms with Gasteiger partial charge in [0, 0.05) is 17.2 Å². The van der Waals surface area contributed by atoms with E-state index in [2.05, 4.69) is 0 Å². The van der Waals surface area contributed by atoms with E-state index in [0.717, 1.165) is 16.7 Å². The Bertz CT molecular complexity index is 1020. The molecule has 7 heteroatoms. The molecule has 5 nitrogen and oxygen atoms in total. The lowest BCUT2D eigenvalue weighted by molar-refractivity contribution is 0.0861. The first-order valence-corrected chi connectivity index (χ1v) is 12.4. The molecule has 0 N–H and O–H groups in total. The van der Waals surface area contributed by atoms with Crippen molar-refractivity contribution in [2.75, 3.05) is 12.3 Å². The summed E-state index contributed by atoms with van der Waals surface area (Å²) in [5, 5.41) is 0. The van der Waals surface area contributed by atoms with Gasteiger partial charge in [0.1, 0.15) is 6.61 Å². The number of rotatable bonds is 9. The highest BCUT2D eigenvalue weighted by atomic mass is 35.7. The maximum atomic E-state index is 13.2. The molecule has 0 saturated carbocycles. The van der Waals surface area contributed by atoms with Crippen molar-refractivity contribution in [3.05, 3.63) is 108 Å². The molecule has 0 radical (unpaired) electrons. The minimum Gasteiger partial charge on any atom is -0.445 e. The normalized spacial score (nSPS) is 11.3. The van der Waals surface area contributed by atoms with Crippen molar-refractivity contribution in [2.24, 2.45) is 0 Å². The minimum atomic E-state index is -3.66. The van der Waals surface area contributed by atoms with Gasteiger partial charge in [0.15, 0.2) is 0 Å². The van der Waals surface area contributed by atoms with Crippen LogP contribution >= 0.6 is 10.7 Å². The quantitative estimate of drug-likeness (QED) is 0.405. The van der Waals surface area contributed by atoms with Crippen molar-refractivity contribution in [3.8, 4) is 0 Å². The van der Waals surface area contributed by atoms with Crippen LogP contribution in [-0.4, -0.2) is 31.7 Å². The molecular weight excluding hydrogens is 434 g/mol. The van der Waals surface area contributed by atoms with E-state index in [1.807, 2.05) is 91.0 Å². The molecule has 1 amide bonds. The zero-order valence-electron chi connectivity index (χ0n) is 16.9. The van der Waals surface area contributed by atoms with Crippen LogP contribution in [0.1, 0.15) is 29.2 Å². The molecule has 0 aliphatic heterocycles. The largest absolute Gasteiger partial charge is 0.445 e. The standard InChI is InChI=1S/C24H24ClNO4S/c25-31(28,29)18-10-17-26(24(27)30-19-20-11-4-1-5-12-20)23(21-13-6-2-7-14-21)22-15-8-3-9-16-22/h1-9,11-16,23H,10,17-19H2. The topological polar surface area (TPSA) is 63.7 Å². The van der Waals surface area contributed by atoms with Crippen LogP contribution in [0.4, 0.5) is 4.79 Å². The molecule has 31 heavy (non-hydrogen) atoms. The van der Waals surface area contributed by atoms with Gasteiger partial charge in [-0.25, -0.2) is 13.2 Å². The van der Waals surface area contributed by atoms with E-state index in [9.17, 15) is 13.2 Å². The van der Waals surface area contributed by atoms with Gasteiger partial charge in [-0.05, 0) is 23.1 Å². The van der Waals surface area contributed by atoms with Crippen LogP contribution in [0, 0.1) is 0 Å². The molecule has 0 bridgehead atoms. The van der Waals surface area contributed by atoms with Gasteiger partial charge in [-0.15, -0.1) is 0 Å². The minimum absolute atomic E-state index is 0.125. The first-order chi connectivity index (χ1) is 14.9. The summed E-state index contributed by atoms with van der Waals surface area (Å²) in [5.74, 6) is -0.229. The number of amides is 1. The lowest BCUT2D eigenvalue weighted by Crippen LogP contribution is -2.37. The number of benzene rings is 3. The van der Waals surface area contributed by atoms with Gasteiger partial charge in [-0.1, -0.05) is 91.0 Å². The number of hydrogen-bond donors (Lipinski definition) is 0. The summed E-state index contributed by atoms with van der Waals surface area (Å²) in [7, 11) is 1.73. The summed E-state index contributed by atoms with van der Waals surface area (Å²) in [6, 6.07) is 28.2. The summed E-state index contributed by atoms with van der Waals surface area (Å²) in [6.07, 6.45) is -0.323. The molecule has 0 aromatic heterocycles. The van der Waals surface area contributed by atoms with E-state index in [1.54, 1.807) is 4.90 Å². The number of carbonyl (C=O) groups excluding carboxylic acids is 1. The fourth-order valence-corrected chi connectivity index (χ4v) is 4.16. The Morgan fingerprint density at radius 1 is 0.839 bits per heavy atom. The zero-order valence-corrected chi connectivity index (χ0v) is 18.5. The van der Waals surface area contributed by atoms with Gasteiger partial charge in [0.2, 0.25) is 9.05 Å². The smallest absolute Gasteiger partial charge is 0.410 e. The number of halogens is 1. The number of carbonyl (C=O) groups is 1. The van der Waals surface area contributed by atoms with E-state index in [4.69, 9.17) is 15.4 Å². The van der Waals surface area contributed by atoms with Crippen LogP contribution in [0.15, 0.2) is 91.0 Å². The van der Waals surface area contributed by atoms with Crippen molar-refractivity contribution in [3.63, 3.8) is 0 Å². The van der Waals surface area contributed by atoms with Crippen molar-refractivity contribution < 1.29 is 17.9 Å². The summed E-state index contributed by atoms with van der Waals surface area (Å²) in [4.78, 5) is 14.7. The van der Waals surface area contributed by atoms with Gasteiger partial charge in [-0.2, -0.15) is 0 Å². The first kappa shape index (κ1) is 22.8. The average Bonchev–Trinajstić information content (AvgIpc) is 2.78. The van der Waals surface area contributed by atoms with Crippen molar-refractivity contribution >= 4 is 25.8 Å². The second-order valence-corrected chi connectivity index (χ2v) is 9.95. The molecule has 0 spiro atoms. The van der Waals surface area contributed by atoms with E-state index in [1.165, 1.54) is 0 Å². The molecule has 3 rings (SSSR count). The molecule has 0 saturated heterocycles. The second-order valence-electron chi connectivity index (χ2n) is 7.05. The van der Waals surface area contributed by atoms with Crippen molar-refractivity contribution in [1.29, 1.82) is 0 Å². The van der Waals surface area contributed by atoms with Crippen LogP contribution in [-0.2, 0) is 20.4 Å². The Morgan fingerprint density at radius 2 is 1.32 bits per heavy atom. The van der Waals surface area contributed by atoms with Crippen LogP contribution in [0.5, 0.6) is 0 Å². The van der Waals surface area contributed by atoms with Gasteiger partial charge in [-0.3, -0.25) is 4.90 Å². The molecule has 0 aliphatic rings. The third-order valence-electron chi connectivity index (χ3n) is 4.77. The highest BCUT2D eigenvalue weighted by molar-refractivity contribution is 8.13. The lowest BCUT2D eigenvalue weighted by Gasteiger charge is -2.32. The van der Waals surface area contributed by atoms with Gasteiger partial charge in [0.05, 0.1) is 11.8 Å². The first-order valence-electron chi connectivity index (χ1n) is 9.93. The fourth-order valence-electron chi connectivity index (χ4n) is 3.36. The SMILES string of the molecule is O=C(OCc1ccccc1)N(CCCS(=O)(=O)Cl)C(c1ccccc1)c1ccccc1. The second kappa shape index (κ2) is 11.0. The van der Waals surface area contributed by atoms with Crippen molar-refractivity contribution in [2.45, 2.75) is 19.1 Å². The Kier molecular flexibility index (Phi) is 8.09. The van der Waals surface area contributed by atoms with E-state index >= 15 is 0 Å². The molecule has 162 valence electrons. The summed E-state index contributed by atoms with van der Waals surface area (Å²) in [6.45, 7) is 0.300. The summed E-state index contributed by atoms with van der Waals surface area (Å²) in [5.41, 5.74) is 2.67. The molecule has 0 unspecified atom stereocenters. The highest BCUT2D eigenvalue weighted by Crippen LogP contribution is 2.29. The predicted molar refractivity (Wildman–Crippen MR) is 122 cm³/mol. The predicted octanol–water partition coefficient (Wildman–Crippen LogP) is 5.37. The Hall–Kier alpha value is -2.83. The molecule has 0 aliphatic carbocycles. The van der Waals surface area contributed by atoms with Crippen molar-refractivity contribution in [1.82, 2.24) is 4.90 Å². The van der Waals surface area contributed by atoms with E-state index in [0.29, 0.717) is 0 Å². The number of hydrogen-bond acceptors (Lipinski definition) is 4. The zero-order chi connectivity index (χ0) is 22.1. The van der Waals surface area contributed by atoms with Crippen LogP contribution in [0.3, 0.4) is 0 Å². The van der Waals surface area contributed by atoms with Crippen LogP contribution < -0.4 is 0 Å². The number of nitrogens with zero attached hydrogens (tertiary/aromatic N) is 1. The maximum absolute atomic E-state index is 13.2. The highest BCUT2D eigenvalue weighted by Gasteiger charge is 2.28. The van der Waals surface area contributed by atoms with Gasteiger partial charge >= 0.3 is 6.09 Å². The van der Waals surface area contributed by atoms with E-state index in [-0.39, 0.29) is 25.3 Å². The fraction of sp³-hybridized carbons (Fsp3) is 0.208. The average molecular weight is 458 g/mol. The van der Waals surface area contributed by atoms with Crippen LogP contribution in [0.2, 0.25) is 0 Å². The third kappa shape index (κ3) is 7.12. The van der Waals surface area contributed by atoms with Crippen LogP contribution in [0.25, 0.3) is 0 Å². The molecule has 0 fully saturated rings.